The van der Waals surface area contributed by atoms with Crippen molar-refractivity contribution in [1.82, 2.24) is 9.80 Å². The zero-order valence-corrected chi connectivity index (χ0v) is 22.1. The van der Waals surface area contributed by atoms with Crippen molar-refractivity contribution in [3.63, 3.8) is 0 Å². The lowest BCUT2D eigenvalue weighted by Crippen LogP contribution is -2.44. The van der Waals surface area contributed by atoms with E-state index in [-0.39, 0.29) is 16.7 Å². The van der Waals surface area contributed by atoms with Crippen LogP contribution in [-0.4, -0.2) is 60.4 Å². The van der Waals surface area contributed by atoms with E-state index in [0.717, 1.165) is 32.0 Å². The predicted molar refractivity (Wildman–Crippen MR) is 142 cm³/mol. The minimum Gasteiger partial charge on any atom is -0.493 e. The molecule has 1 saturated carbocycles. The molecular weight excluding hydrogens is 488 g/mol. The van der Waals surface area contributed by atoms with E-state index in [1.807, 2.05) is 0 Å². The zero-order chi connectivity index (χ0) is 26.9. The molecule has 2 amide bonds. The Labute approximate surface area is 223 Å². The molecule has 5 rings (SSSR count). The number of carbonyl (C=O) groups excluding carboxylic acids is 2. The average Bonchev–Trinajstić information content (AvgIpc) is 3.38. The predicted octanol–water partition coefficient (Wildman–Crippen LogP) is 5.00. The zero-order valence-electron chi connectivity index (χ0n) is 22.1. The van der Waals surface area contributed by atoms with Gasteiger partial charge in [-0.2, -0.15) is 0 Å². The molecule has 6 nitrogen and oxygen atoms in total. The Bertz CT molecular complexity index is 1190. The number of primary amides is 1. The highest BCUT2D eigenvalue weighted by Gasteiger charge is 2.35. The van der Waals surface area contributed by atoms with Gasteiger partial charge in [0.1, 0.15) is 23.4 Å². The summed E-state index contributed by atoms with van der Waals surface area (Å²) in [4.78, 5) is 28.4. The average molecular weight is 526 g/mol. The molecule has 0 bridgehead atoms. The lowest BCUT2D eigenvalue weighted by atomic mass is 9.70. The Kier molecular flexibility index (Phi) is 7.70. The third-order valence-corrected chi connectivity index (χ3v) is 8.65. The number of piperidine rings is 1. The van der Waals surface area contributed by atoms with E-state index in [9.17, 15) is 14.0 Å². The van der Waals surface area contributed by atoms with Gasteiger partial charge >= 0.3 is 0 Å². The van der Waals surface area contributed by atoms with Crippen LogP contribution in [0.5, 0.6) is 5.75 Å². The highest BCUT2D eigenvalue weighted by molar-refractivity contribution is 5.98. The van der Waals surface area contributed by atoms with E-state index < -0.39 is 29.5 Å². The standard InChI is InChI=1S/C30H37F2N3O3/c1-30(11-3-12-30)19-34-14-9-20(10-15-34)18-38-22-6-8-24(26(32)17-22)23-7-5-21(16-25(23)31)29(37)35-13-2-4-27(35)28(33)36/h5-8,16-17,20,27H,2-4,9-15,18-19H2,1H3,(H2,33,36)/t27-/m0/s1. The number of nitrogens with two attached hydrogens (primary N) is 1. The van der Waals surface area contributed by atoms with Gasteiger partial charge < -0.3 is 20.3 Å². The quantitative estimate of drug-likeness (QED) is 0.526. The second-order valence-electron chi connectivity index (χ2n) is 11.6. The monoisotopic (exact) mass is 525 g/mol. The van der Waals surface area contributed by atoms with Gasteiger partial charge in [-0.1, -0.05) is 19.4 Å². The second kappa shape index (κ2) is 11.0. The normalized spacial score (nSPS) is 21.8. The number of amides is 2. The van der Waals surface area contributed by atoms with Crippen LogP contribution in [0, 0.1) is 23.0 Å². The number of hydrogen-bond donors (Lipinski definition) is 1. The van der Waals surface area contributed by atoms with Crippen molar-refractivity contribution in [2.45, 2.75) is 57.9 Å². The topological polar surface area (TPSA) is 75.9 Å². The molecule has 0 radical (unpaired) electrons. The van der Waals surface area contributed by atoms with Crippen molar-refractivity contribution in [2.75, 3.05) is 32.8 Å². The first-order valence-electron chi connectivity index (χ1n) is 13.8. The number of hydrogen-bond acceptors (Lipinski definition) is 4. The molecule has 3 fully saturated rings. The number of carbonyl (C=O) groups is 2. The number of nitrogens with zero attached hydrogens (tertiary/aromatic N) is 2. The molecule has 1 atom stereocenters. The van der Waals surface area contributed by atoms with Crippen molar-refractivity contribution in [1.29, 1.82) is 0 Å². The van der Waals surface area contributed by atoms with E-state index >= 15 is 4.39 Å². The molecule has 1 aliphatic carbocycles. The van der Waals surface area contributed by atoms with Gasteiger partial charge in [-0.05, 0) is 87.2 Å². The first kappa shape index (κ1) is 26.6. The molecular formula is C30H37F2N3O3. The molecule has 0 aromatic heterocycles. The fourth-order valence-electron chi connectivity index (χ4n) is 6.15. The second-order valence-corrected chi connectivity index (χ2v) is 11.6. The lowest BCUT2D eigenvalue weighted by Gasteiger charge is -2.44. The summed E-state index contributed by atoms with van der Waals surface area (Å²) < 4.78 is 35.9. The minimum atomic E-state index is -0.708. The first-order valence-corrected chi connectivity index (χ1v) is 13.8. The molecule has 2 N–H and O–H groups in total. The third kappa shape index (κ3) is 5.70. The van der Waals surface area contributed by atoms with Crippen LogP contribution in [-0.2, 0) is 4.79 Å². The molecule has 8 heteroatoms. The Morgan fingerprint density at radius 1 is 0.974 bits per heavy atom. The number of benzene rings is 2. The van der Waals surface area contributed by atoms with E-state index in [1.165, 1.54) is 55.0 Å². The Hall–Kier alpha value is -3.00. The SMILES string of the molecule is CC1(CN2CCC(COc3ccc(-c4ccc(C(=O)N5CCC[C@H]5C(N)=O)cc4F)c(F)c3)CC2)CCC1. The molecule has 2 aromatic carbocycles. The Balaban J connectivity index is 1.17. The molecule has 38 heavy (non-hydrogen) atoms. The summed E-state index contributed by atoms with van der Waals surface area (Å²) in [6.07, 6.45) is 7.33. The number of ether oxygens (including phenoxy) is 1. The van der Waals surface area contributed by atoms with Crippen LogP contribution in [0.25, 0.3) is 11.1 Å². The maximum absolute atomic E-state index is 15.0. The van der Waals surface area contributed by atoms with Gasteiger partial charge in [0.2, 0.25) is 5.91 Å². The van der Waals surface area contributed by atoms with Gasteiger partial charge in [-0.25, -0.2) is 8.78 Å². The van der Waals surface area contributed by atoms with Gasteiger partial charge in [0.25, 0.3) is 5.91 Å². The van der Waals surface area contributed by atoms with Gasteiger partial charge in [-0.15, -0.1) is 0 Å². The van der Waals surface area contributed by atoms with Crippen molar-refractivity contribution >= 4 is 11.8 Å². The van der Waals surface area contributed by atoms with Crippen LogP contribution in [0.3, 0.4) is 0 Å². The van der Waals surface area contributed by atoms with E-state index in [4.69, 9.17) is 10.5 Å². The summed E-state index contributed by atoms with van der Waals surface area (Å²) >= 11 is 0. The third-order valence-electron chi connectivity index (χ3n) is 8.65. The van der Waals surface area contributed by atoms with Gasteiger partial charge in [-0.3, -0.25) is 9.59 Å². The Morgan fingerprint density at radius 2 is 1.66 bits per heavy atom. The molecule has 2 saturated heterocycles. The van der Waals surface area contributed by atoms with E-state index in [0.29, 0.717) is 43.1 Å². The van der Waals surface area contributed by atoms with Gasteiger partial charge in [0.15, 0.2) is 0 Å². The number of rotatable bonds is 8. The fraction of sp³-hybridized carbons (Fsp3) is 0.533. The van der Waals surface area contributed by atoms with Crippen molar-refractivity contribution < 1.29 is 23.1 Å². The molecule has 3 aliphatic rings. The number of halogens is 2. The van der Waals surface area contributed by atoms with E-state index in [2.05, 4.69) is 11.8 Å². The summed E-state index contributed by atoms with van der Waals surface area (Å²) in [6.45, 7) is 6.66. The molecule has 0 spiro atoms. The molecule has 0 unspecified atom stereocenters. The highest BCUT2D eigenvalue weighted by atomic mass is 19.1. The van der Waals surface area contributed by atoms with Crippen LogP contribution >= 0.6 is 0 Å². The molecule has 2 aromatic rings. The minimum absolute atomic E-state index is 0.0611. The smallest absolute Gasteiger partial charge is 0.254 e. The summed E-state index contributed by atoms with van der Waals surface area (Å²) in [7, 11) is 0. The van der Waals surface area contributed by atoms with Crippen LogP contribution in [0.15, 0.2) is 36.4 Å². The largest absolute Gasteiger partial charge is 0.493 e. The van der Waals surface area contributed by atoms with Crippen molar-refractivity contribution in [3.8, 4) is 16.9 Å². The molecule has 204 valence electrons. The van der Waals surface area contributed by atoms with Gasteiger partial charge in [0, 0.05) is 35.8 Å². The van der Waals surface area contributed by atoms with E-state index in [1.54, 1.807) is 6.07 Å². The summed E-state index contributed by atoms with van der Waals surface area (Å²) in [5.74, 6) is -1.45. The highest BCUT2D eigenvalue weighted by Crippen LogP contribution is 2.41. The summed E-state index contributed by atoms with van der Waals surface area (Å²) in [6, 6.07) is 7.73. The summed E-state index contributed by atoms with van der Waals surface area (Å²) in [5.41, 5.74) is 6.16. The lowest BCUT2D eigenvalue weighted by molar-refractivity contribution is -0.121. The van der Waals surface area contributed by atoms with Crippen LogP contribution in [0.1, 0.15) is 62.2 Å². The maximum atomic E-state index is 15.0. The van der Waals surface area contributed by atoms with Crippen LogP contribution in [0.2, 0.25) is 0 Å². The van der Waals surface area contributed by atoms with Crippen molar-refractivity contribution in [3.05, 3.63) is 53.6 Å². The van der Waals surface area contributed by atoms with Crippen LogP contribution < -0.4 is 10.5 Å². The van der Waals surface area contributed by atoms with Crippen molar-refractivity contribution in [2.24, 2.45) is 17.1 Å². The van der Waals surface area contributed by atoms with Crippen LogP contribution in [0.4, 0.5) is 8.78 Å². The van der Waals surface area contributed by atoms with Gasteiger partial charge in [0.05, 0.1) is 6.61 Å². The Morgan fingerprint density at radius 3 is 2.26 bits per heavy atom. The maximum Gasteiger partial charge on any atom is 0.254 e. The summed E-state index contributed by atoms with van der Waals surface area (Å²) in [5, 5.41) is 0. The molecule has 2 heterocycles. The fourth-order valence-corrected chi connectivity index (χ4v) is 6.15. The number of likely N-dealkylation sites (tertiary alicyclic amines) is 2. The first-order chi connectivity index (χ1) is 18.2. The molecule has 2 aliphatic heterocycles.